The maximum Gasteiger partial charge on any atom is 0.252 e. The minimum Gasteiger partial charge on any atom is -0.483 e. The summed E-state index contributed by atoms with van der Waals surface area (Å²) in [6.45, 7) is 1.78. The highest BCUT2D eigenvalue weighted by Gasteiger charge is 2.20. The molecule has 4 N–H and O–H groups in total. The van der Waals surface area contributed by atoms with Gasteiger partial charge in [-0.15, -0.1) is 0 Å². The molecule has 0 fully saturated rings. The van der Waals surface area contributed by atoms with Crippen molar-refractivity contribution < 1.29 is 13.9 Å². The topological polar surface area (TPSA) is 78.3 Å². The van der Waals surface area contributed by atoms with Gasteiger partial charge in [0.25, 0.3) is 5.91 Å². The molecule has 4 nitrogen and oxygen atoms in total. The average molecular weight is 288 g/mol. The fourth-order valence-electron chi connectivity index (χ4n) is 2.04. The van der Waals surface area contributed by atoms with Crippen LogP contribution in [0.5, 0.6) is 5.75 Å². The van der Waals surface area contributed by atoms with Crippen LogP contribution in [0.4, 0.5) is 4.39 Å². The van der Waals surface area contributed by atoms with E-state index in [0.717, 1.165) is 5.56 Å². The summed E-state index contributed by atoms with van der Waals surface area (Å²) >= 11 is 0. The molecule has 2 rings (SSSR count). The van der Waals surface area contributed by atoms with Gasteiger partial charge in [-0.05, 0) is 36.8 Å². The van der Waals surface area contributed by atoms with E-state index in [0.29, 0.717) is 5.75 Å². The van der Waals surface area contributed by atoms with Gasteiger partial charge in [-0.2, -0.15) is 0 Å². The van der Waals surface area contributed by atoms with E-state index in [9.17, 15) is 9.18 Å². The Morgan fingerprint density at radius 3 is 2.33 bits per heavy atom. The second-order valence-corrected chi connectivity index (χ2v) is 4.81. The molecule has 110 valence electrons. The summed E-state index contributed by atoms with van der Waals surface area (Å²) < 4.78 is 18.9. The van der Waals surface area contributed by atoms with E-state index >= 15 is 0 Å². The second-order valence-electron chi connectivity index (χ2n) is 4.81. The maximum absolute atomic E-state index is 13.0. The van der Waals surface area contributed by atoms with Gasteiger partial charge in [0, 0.05) is 6.04 Å². The van der Waals surface area contributed by atoms with Gasteiger partial charge in [-0.25, -0.2) is 4.39 Å². The van der Waals surface area contributed by atoms with Crippen LogP contribution in [0.1, 0.15) is 28.9 Å². The molecular weight excluding hydrogens is 271 g/mol. The van der Waals surface area contributed by atoms with E-state index in [1.807, 2.05) is 0 Å². The lowest BCUT2D eigenvalue weighted by Crippen LogP contribution is -2.29. The normalized spacial score (nSPS) is 13.5. The van der Waals surface area contributed by atoms with Crippen LogP contribution < -0.4 is 16.2 Å². The first-order valence-electron chi connectivity index (χ1n) is 6.55. The summed E-state index contributed by atoms with van der Waals surface area (Å²) in [6, 6.07) is 12.2. The van der Waals surface area contributed by atoms with Crippen LogP contribution in [-0.2, 0) is 0 Å². The number of rotatable bonds is 5. The lowest BCUT2D eigenvalue weighted by molar-refractivity contribution is 0.0990. The molecule has 0 aliphatic heterocycles. The first-order valence-corrected chi connectivity index (χ1v) is 6.55. The molecule has 0 radical (unpaired) electrons. The van der Waals surface area contributed by atoms with Crippen LogP contribution >= 0.6 is 0 Å². The Balaban J connectivity index is 2.33. The molecule has 0 aromatic heterocycles. The van der Waals surface area contributed by atoms with E-state index in [1.165, 1.54) is 12.1 Å². The SMILES string of the molecule is CC(N)C(Oc1ccccc1C(N)=O)c1ccc(F)cc1. The molecule has 0 bridgehead atoms. The van der Waals surface area contributed by atoms with Crippen molar-refractivity contribution in [1.29, 1.82) is 0 Å². The summed E-state index contributed by atoms with van der Waals surface area (Å²) in [6.07, 6.45) is -0.508. The van der Waals surface area contributed by atoms with Crippen molar-refractivity contribution in [2.75, 3.05) is 0 Å². The third-order valence-corrected chi connectivity index (χ3v) is 3.08. The van der Waals surface area contributed by atoms with Gasteiger partial charge >= 0.3 is 0 Å². The fourth-order valence-corrected chi connectivity index (χ4v) is 2.04. The highest BCUT2D eigenvalue weighted by atomic mass is 19.1. The molecule has 1 amide bonds. The summed E-state index contributed by atoms with van der Waals surface area (Å²) in [4.78, 5) is 11.4. The van der Waals surface area contributed by atoms with Gasteiger partial charge in [0.05, 0.1) is 5.56 Å². The lowest BCUT2D eigenvalue weighted by atomic mass is 10.0. The summed E-state index contributed by atoms with van der Waals surface area (Å²) in [5.41, 5.74) is 12.3. The molecule has 0 heterocycles. The van der Waals surface area contributed by atoms with Crippen molar-refractivity contribution in [3.05, 3.63) is 65.5 Å². The number of hydrogen-bond acceptors (Lipinski definition) is 3. The smallest absolute Gasteiger partial charge is 0.252 e. The molecule has 2 aromatic rings. The number of carbonyl (C=O) groups excluding carboxylic acids is 1. The zero-order chi connectivity index (χ0) is 15.4. The molecule has 0 saturated carbocycles. The van der Waals surface area contributed by atoms with Crippen LogP contribution in [-0.4, -0.2) is 11.9 Å². The van der Waals surface area contributed by atoms with E-state index in [-0.39, 0.29) is 17.4 Å². The van der Waals surface area contributed by atoms with Crippen molar-refractivity contribution in [2.45, 2.75) is 19.1 Å². The van der Waals surface area contributed by atoms with Gasteiger partial charge in [0.15, 0.2) is 0 Å². The van der Waals surface area contributed by atoms with Crippen LogP contribution in [0.3, 0.4) is 0 Å². The predicted octanol–water partition coefficient (Wildman–Crippen LogP) is 2.39. The van der Waals surface area contributed by atoms with Crippen LogP contribution in [0.25, 0.3) is 0 Å². The van der Waals surface area contributed by atoms with Gasteiger partial charge in [0.1, 0.15) is 17.7 Å². The molecule has 0 aliphatic carbocycles. The minimum absolute atomic E-state index is 0.283. The molecule has 0 saturated heterocycles. The quantitative estimate of drug-likeness (QED) is 0.886. The molecule has 5 heteroatoms. The molecule has 2 aromatic carbocycles. The van der Waals surface area contributed by atoms with Crippen molar-refractivity contribution in [2.24, 2.45) is 11.5 Å². The maximum atomic E-state index is 13.0. The number of amides is 1. The monoisotopic (exact) mass is 288 g/mol. The zero-order valence-electron chi connectivity index (χ0n) is 11.6. The Morgan fingerprint density at radius 2 is 1.76 bits per heavy atom. The second kappa shape index (κ2) is 6.37. The molecule has 0 aliphatic rings. The minimum atomic E-state index is -0.576. The van der Waals surface area contributed by atoms with Gasteiger partial charge in [-0.1, -0.05) is 24.3 Å². The molecular formula is C16H17FN2O2. The third-order valence-electron chi connectivity index (χ3n) is 3.08. The average Bonchev–Trinajstić information content (AvgIpc) is 2.46. The Hall–Kier alpha value is -2.40. The molecule has 2 unspecified atom stereocenters. The Labute approximate surface area is 122 Å². The van der Waals surface area contributed by atoms with E-state index in [2.05, 4.69) is 0 Å². The Morgan fingerprint density at radius 1 is 1.14 bits per heavy atom. The Kier molecular flexibility index (Phi) is 4.55. The predicted molar refractivity (Wildman–Crippen MR) is 78.4 cm³/mol. The highest BCUT2D eigenvalue weighted by molar-refractivity contribution is 5.95. The van der Waals surface area contributed by atoms with Crippen LogP contribution in [0.15, 0.2) is 48.5 Å². The number of benzene rings is 2. The Bertz CT molecular complexity index is 626. The number of nitrogens with two attached hydrogens (primary N) is 2. The van der Waals surface area contributed by atoms with Crippen molar-refractivity contribution >= 4 is 5.91 Å². The molecule has 2 atom stereocenters. The van der Waals surface area contributed by atoms with Gasteiger partial charge in [-0.3, -0.25) is 4.79 Å². The number of halogens is 1. The van der Waals surface area contributed by atoms with Gasteiger partial charge in [0.2, 0.25) is 0 Å². The standard InChI is InChI=1S/C16H17FN2O2/c1-10(18)15(11-6-8-12(17)9-7-11)21-14-5-3-2-4-13(14)16(19)20/h2-10,15H,18H2,1H3,(H2,19,20). The summed E-state index contributed by atoms with van der Waals surface area (Å²) in [7, 11) is 0. The van der Waals surface area contributed by atoms with Gasteiger partial charge < -0.3 is 16.2 Å². The molecule has 21 heavy (non-hydrogen) atoms. The number of hydrogen-bond donors (Lipinski definition) is 2. The number of carbonyl (C=O) groups is 1. The van der Waals surface area contributed by atoms with E-state index in [1.54, 1.807) is 43.3 Å². The number of para-hydroxylation sites is 1. The summed E-state index contributed by atoms with van der Waals surface area (Å²) in [5, 5.41) is 0. The molecule has 0 spiro atoms. The van der Waals surface area contributed by atoms with Crippen LogP contribution in [0, 0.1) is 5.82 Å². The fraction of sp³-hybridized carbons (Fsp3) is 0.188. The first kappa shape index (κ1) is 15.0. The van der Waals surface area contributed by atoms with E-state index < -0.39 is 12.0 Å². The third kappa shape index (κ3) is 3.58. The number of primary amides is 1. The van der Waals surface area contributed by atoms with Crippen molar-refractivity contribution in [1.82, 2.24) is 0 Å². The highest BCUT2D eigenvalue weighted by Crippen LogP contribution is 2.27. The van der Waals surface area contributed by atoms with Crippen LogP contribution in [0.2, 0.25) is 0 Å². The zero-order valence-corrected chi connectivity index (χ0v) is 11.6. The van der Waals surface area contributed by atoms with Crippen molar-refractivity contribution in [3.8, 4) is 5.75 Å². The summed E-state index contributed by atoms with van der Waals surface area (Å²) in [5.74, 6) is -0.551. The van der Waals surface area contributed by atoms with E-state index in [4.69, 9.17) is 16.2 Å². The number of ether oxygens (including phenoxy) is 1. The van der Waals surface area contributed by atoms with Crippen molar-refractivity contribution in [3.63, 3.8) is 0 Å². The largest absolute Gasteiger partial charge is 0.483 e. The first-order chi connectivity index (χ1) is 9.99. The lowest BCUT2D eigenvalue weighted by Gasteiger charge is -2.24.